The normalized spacial score (nSPS) is 15.7. The monoisotopic (exact) mass is 197 g/mol. The maximum atomic E-state index is 11.4. The van der Waals surface area contributed by atoms with Gasteiger partial charge in [-0.15, -0.1) is 11.3 Å². The molecule has 0 aromatic carbocycles. The molecule has 0 aliphatic carbocycles. The van der Waals surface area contributed by atoms with Crippen LogP contribution in [0.3, 0.4) is 0 Å². The summed E-state index contributed by atoms with van der Waals surface area (Å²) in [6.45, 7) is 0.322. The van der Waals surface area contributed by atoms with Gasteiger partial charge in [-0.05, 0) is 17.0 Å². The standard InChI is InChI=1S/C8H7NO3S/c10-6-4-9(8(11)12)3-5-1-2-13-7(5)6/h1-2H,3-4H2,(H,11,12). The van der Waals surface area contributed by atoms with Crippen LogP contribution in [0.15, 0.2) is 11.4 Å². The van der Waals surface area contributed by atoms with Crippen LogP contribution in [0.2, 0.25) is 0 Å². The zero-order valence-electron chi connectivity index (χ0n) is 6.69. The van der Waals surface area contributed by atoms with Gasteiger partial charge in [0, 0.05) is 0 Å². The molecule has 2 heterocycles. The van der Waals surface area contributed by atoms with Gasteiger partial charge in [0.05, 0.1) is 18.0 Å². The molecule has 0 bridgehead atoms. The largest absolute Gasteiger partial charge is 0.465 e. The van der Waals surface area contributed by atoms with Gasteiger partial charge in [0.2, 0.25) is 0 Å². The second-order valence-electron chi connectivity index (χ2n) is 2.84. The Balaban J connectivity index is 2.34. The van der Waals surface area contributed by atoms with Crippen LogP contribution in [0.4, 0.5) is 4.79 Å². The average Bonchev–Trinajstić information content (AvgIpc) is 2.51. The number of rotatable bonds is 0. The maximum absolute atomic E-state index is 11.4. The molecule has 0 unspecified atom stereocenters. The number of nitrogens with zero attached hydrogens (tertiary/aromatic N) is 1. The van der Waals surface area contributed by atoms with Crippen LogP contribution in [-0.2, 0) is 6.54 Å². The van der Waals surface area contributed by atoms with Crippen molar-refractivity contribution in [2.45, 2.75) is 6.54 Å². The predicted molar refractivity (Wildman–Crippen MR) is 47.1 cm³/mol. The van der Waals surface area contributed by atoms with E-state index in [0.717, 1.165) is 10.5 Å². The van der Waals surface area contributed by atoms with Crippen molar-refractivity contribution >= 4 is 23.2 Å². The Morgan fingerprint density at radius 3 is 3.00 bits per heavy atom. The number of ketones is 1. The predicted octanol–water partition coefficient (Wildman–Crippen LogP) is 1.42. The lowest BCUT2D eigenvalue weighted by Crippen LogP contribution is -2.37. The van der Waals surface area contributed by atoms with Crippen molar-refractivity contribution < 1.29 is 14.7 Å². The number of amides is 1. The highest BCUT2D eigenvalue weighted by molar-refractivity contribution is 7.12. The summed E-state index contributed by atoms with van der Waals surface area (Å²) in [5, 5.41) is 10.5. The number of carboxylic acid groups (broad SMARTS) is 1. The van der Waals surface area contributed by atoms with Crippen LogP contribution >= 0.6 is 11.3 Å². The van der Waals surface area contributed by atoms with Gasteiger partial charge in [-0.3, -0.25) is 9.69 Å². The molecule has 1 aromatic heterocycles. The first kappa shape index (κ1) is 8.25. The summed E-state index contributed by atoms with van der Waals surface area (Å²) < 4.78 is 0. The van der Waals surface area contributed by atoms with E-state index in [0.29, 0.717) is 11.4 Å². The molecule has 0 spiro atoms. The third-order valence-corrected chi connectivity index (χ3v) is 2.96. The molecule has 5 heteroatoms. The third-order valence-electron chi connectivity index (χ3n) is 1.97. The number of carbonyl (C=O) groups excluding carboxylic acids is 1. The van der Waals surface area contributed by atoms with Crippen LogP contribution in [0.1, 0.15) is 15.2 Å². The molecule has 2 rings (SSSR count). The highest BCUT2D eigenvalue weighted by Crippen LogP contribution is 2.23. The van der Waals surface area contributed by atoms with Gasteiger partial charge in [-0.25, -0.2) is 4.79 Å². The van der Waals surface area contributed by atoms with Crippen molar-refractivity contribution in [2.24, 2.45) is 0 Å². The zero-order chi connectivity index (χ0) is 9.42. The van der Waals surface area contributed by atoms with Crippen LogP contribution in [0, 0.1) is 0 Å². The Morgan fingerprint density at radius 1 is 1.54 bits per heavy atom. The van der Waals surface area contributed by atoms with Gasteiger partial charge in [0.15, 0.2) is 5.78 Å². The Bertz CT molecular complexity index is 371. The van der Waals surface area contributed by atoms with Crippen molar-refractivity contribution in [2.75, 3.05) is 6.54 Å². The van der Waals surface area contributed by atoms with E-state index in [4.69, 9.17) is 5.11 Å². The average molecular weight is 197 g/mol. The Labute approximate surface area is 78.4 Å². The lowest BCUT2D eigenvalue weighted by Gasteiger charge is -2.22. The van der Waals surface area contributed by atoms with Crippen molar-refractivity contribution in [3.05, 3.63) is 21.9 Å². The Hall–Kier alpha value is -1.36. The minimum absolute atomic E-state index is 0.0111. The molecule has 4 nitrogen and oxygen atoms in total. The summed E-state index contributed by atoms with van der Waals surface area (Å²) in [7, 11) is 0. The molecular weight excluding hydrogens is 190 g/mol. The summed E-state index contributed by atoms with van der Waals surface area (Å²) in [5.41, 5.74) is 0.823. The van der Waals surface area contributed by atoms with Gasteiger partial charge >= 0.3 is 6.09 Å². The van der Waals surface area contributed by atoms with Gasteiger partial charge in [-0.1, -0.05) is 0 Å². The van der Waals surface area contributed by atoms with E-state index < -0.39 is 6.09 Å². The Morgan fingerprint density at radius 2 is 2.31 bits per heavy atom. The lowest BCUT2D eigenvalue weighted by atomic mass is 10.1. The van der Waals surface area contributed by atoms with Crippen molar-refractivity contribution in [3.63, 3.8) is 0 Å². The summed E-state index contributed by atoms with van der Waals surface area (Å²) >= 11 is 1.38. The molecule has 0 saturated heterocycles. The van der Waals surface area contributed by atoms with E-state index in [-0.39, 0.29) is 12.3 Å². The molecule has 1 aliphatic heterocycles. The molecule has 0 atom stereocenters. The number of hydrogen-bond donors (Lipinski definition) is 1. The summed E-state index contributed by atoms with van der Waals surface area (Å²) in [5.74, 6) is -0.0985. The molecule has 0 fully saturated rings. The van der Waals surface area contributed by atoms with Crippen LogP contribution in [0.25, 0.3) is 0 Å². The molecule has 1 amide bonds. The highest BCUT2D eigenvalue weighted by atomic mass is 32.1. The topological polar surface area (TPSA) is 57.6 Å². The second-order valence-corrected chi connectivity index (χ2v) is 3.75. The number of hydrogen-bond acceptors (Lipinski definition) is 3. The smallest absolute Gasteiger partial charge is 0.408 e. The summed E-state index contributed by atoms with van der Waals surface area (Å²) in [6, 6.07) is 1.80. The van der Waals surface area contributed by atoms with Gasteiger partial charge < -0.3 is 5.11 Å². The zero-order valence-corrected chi connectivity index (χ0v) is 7.50. The van der Waals surface area contributed by atoms with Gasteiger partial charge in [-0.2, -0.15) is 0 Å². The molecule has 1 aliphatic rings. The molecule has 1 N–H and O–H groups in total. The van der Waals surface area contributed by atoms with Crippen molar-refractivity contribution in [3.8, 4) is 0 Å². The van der Waals surface area contributed by atoms with Crippen LogP contribution in [0.5, 0.6) is 0 Å². The van der Waals surface area contributed by atoms with E-state index >= 15 is 0 Å². The van der Waals surface area contributed by atoms with Crippen molar-refractivity contribution in [1.29, 1.82) is 0 Å². The van der Waals surface area contributed by atoms with Crippen molar-refractivity contribution in [1.82, 2.24) is 4.90 Å². The molecule has 0 radical (unpaired) electrons. The minimum Gasteiger partial charge on any atom is -0.465 e. The molecule has 1 aromatic rings. The molecular formula is C8H7NO3S. The molecule has 13 heavy (non-hydrogen) atoms. The first-order chi connectivity index (χ1) is 6.18. The summed E-state index contributed by atoms with van der Waals surface area (Å²) in [6.07, 6.45) is -1.04. The summed E-state index contributed by atoms with van der Waals surface area (Å²) in [4.78, 5) is 23.8. The van der Waals surface area contributed by atoms with E-state index in [9.17, 15) is 9.59 Å². The first-order valence-corrected chi connectivity index (χ1v) is 4.64. The van der Waals surface area contributed by atoms with Crippen LogP contribution in [-0.4, -0.2) is 28.4 Å². The maximum Gasteiger partial charge on any atom is 0.408 e. The van der Waals surface area contributed by atoms with Gasteiger partial charge in [0.1, 0.15) is 0 Å². The fraction of sp³-hybridized carbons (Fsp3) is 0.250. The number of thiophene rings is 1. The lowest BCUT2D eigenvalue weighted by molar-refractivity contribution is 0.0880. The first-order valence-electron chi connectivity index (χ1n) is 3.76. The van der Waals surface area contributed by atoms with E-state index in [2.05, 4.69) is 0 Å². The van der Waals surface area contributed by atoms with Crippen LogP contribution < -0.4 is 0 Å². The minimum atomic E-state index is -1.04. The van der Waals surface area contributed by atoms with E-state index in [1.54, 1.807) is 6.07 Å². The SMILES string of the molecule is O=C1CN(C(=O)O)Cc2ccsc21. The molecule has 68 valence electrons. The molecule has 0 saturated carbocycles. The number of carbonyl (C=O) groups is 2. The fourth-order valence-corrected chi connectivity index (χ4v) is 2.20. The quantitative estimate of drug-likeness (QED) is 0.684. The highest BCUT2D eigenvalue weighted by Gasteiger charge is 2.26. The third kappa shape index (κ3) is 1.31. The Kier molecular flexibility index (Phi) is 1.81. The number of fused-ring (bicyclic) bond motifs is 1. The van der Waals surface area contributed by atoms with E-state index in [1.165, 1.54) is 11.3 Å². The van der Waals surface area contributed by atoms with Gasteiger partial charge in [0.25, 0.3) is 0 Å². The van der Waals surface area contributed by atoms with E-state index in [1.807, 2.05) is 5.38 Å². The number of Topliss-reactive ketones (excluding diaryl/α,β-unsaturated/α-hetero) is 1. The second kappa shape index (κ2) is 2.85. The fourth-order valence-electron chi connectivity index (χ4n) is 1.35.